The molecule has 7 heteroatoms. The Kier molecular flexibility index (Phi) is 8.54. The highest BCUT2D eigenvalue weighted by Crippen LogP contribution is 2.46. The topological polar surface area (TPSA) is 9.23 Å². The predicted molar refractivity (Wildman–Crippen MR) is 139 cm³/mol. The van der Waals surface area contributed by atoms with Crippen molar-refractivity contribution in [2.45, 2.75) is 102 Å². The summed E-state index contributed by atoms with van der Waals surface area (Å²) >= 11 is 0. The average molecular weight is 553 g/mol. The van der Waals surface area contributed by atoms with Gasteiger partial charge < -0.3 is 4.74 Å². The molecule has 2 aromatic rings. The second-order valence-electron chi connectivity index (χ2n) is 12.3. The quantitative estimate of drug-likeness (QED) is 0.256. The van der Waals surface area contributed by atoms with Gasteiger partial charge in [0.15, 0.2) is 17.5 Å². The second kappa shape index (κ2) is 11.7. The first kappa shape index (κ1) is 28.4. The molecule has 214 valence electrons. The molecule has 3 aliphatic rings. The van der Waals surface area contributed by atoms with E-state index in [1.165, 1.54) is 37.8 Å². The average Bonchev–Trinajstić information content (AvgIpc) is 2.92. The van der Waals surface area contributed by atoms with E-state index in [0.29, 0.717) is 61.5 Å². The summed E-state index contributed by atoms with van der Waals surface area (Å²) in [7, 11) is 0. The van der Waals surface area contributed by atoms with Crippen molar-refractivity contribution >= 4 is 0 Å². The summed E-state index contributed by atoms with van der Waals surface area (Å²) in [5, 5.41) is 0. The second-order valence-corrected chi connectivity index (χ2v) is 12.3. The van der Waals surface area contributed by atoms with Gasteiger partial charge in [0.05, 0.1) is 5.92 Å². The van der Waals surface area contributed by atoms with Gasteiger partial charge in [0.1, 0.15) is 11.6 Å². The van der Waals surface area contributed by atoms with E-state index < -0.39 is 35.3 Å². The highest BCUT2D eigenvalue weighted by Gasteiger charge is 2.45. The number of alkyl halides is 2. The van der Waals surface area contributed by atoms with Gasteiger partial charge in [0, 0.05) is 6.07 Å². The van der Waals surface area contributed by atoms with E-state index in [4.69, 9.17) is 4.74 Å². The van der Waals surface area contributed by atoms with E-state index in [2.05, 4.69) is 6.92 Å². The molecule has 3 fully saturated rings. The molecular weight excluding hydrogens is 514 g/mol. The molecule has 0 spiro atoms. The molecule has 5 rings (SSSR count). The molecule has 0 N–H and O–H groups in total. The number of hydrogen-bond acceptors (Lipinski definition) is 1. The number of rotatable bonds is 6. The Bertz CT molecular complexity index is 1100. The normalized spacial score (nSPS) is 30.2. The summed E-state index contributed by atoms with van der Waals surface area (Å²) in [6, 6.07) is 6.04. The standard InChI is InChI=1S/C32H38F6O/c1-19-2-4-20(5-3-19)21-10-12-25(13-11-21)32(37,38)39-26-14-15-27(28(33)18-26)23-8-6-22(7-9-23)24-16-29(34)31(36)30(35)17-24/h14-23,25H,2-13H2,1H3. The van der Waals surface area contributed by atoms with E-state index in [0.717, 1.165) is 37.0 Å². The SMILES string of the molecule is CC1CCC(C2CCC(C(F)(F)Oc3ccc(C4CCC(c5cc(F)c(F)c(F)c5)CC4)c(F)c3)CC2)CC1. The van der Waals surface area contributed by atoms with Crippen LogP contribution in [0.1, 0.15) is 107 Å². The van der Waals surface area contributed by atoms with Crippen molar-refractivity contribution < 1.29 is 31.1 Å². The molecule has 3 saturated carbocycles. The van der Waals surface area contributed by atoms with Crippen molar-refractivity contribution in [3.05, 3.63) is 64.7 Å². The van der Waals surface area contributed by atoms with Crippen LogP contribution in [0.4, 0.5) is 26.3 Å². The van der Waals surface area contributed by atoms with Crippen molar-refractivity contribution in [2.24, 2.45) is 23.7 Å². The molecule has 2 aromatic carbocycles. The Morgan fingerprint density at radius 2 is 1.18 bits per heavy atom. The van der Waals surface area contributed by atoms with E-state index >= 15 is 13.2 Å². The van der Waals surface area contributed by atoms with Gasteiger partial charge in [-0.3, -0.25) is 0 Å². The molecule has 0 aliphatic heterocycles. The van der Waals surface area contributed by atoms with Crippen LogP contribution >= 0.6 is 0 Å². The molecule has 0 amide bonds. The lowest BCUT2D eigenvalue weighted by Gasteiger charge is -2.38. The molecule has 0 aromatic heterocycles. The summed E-state index contributed by atoms with van der Waals surface area (Å²) in [5.41, 5.74) is 0.835. The third-order valence-electron chi connectivity index (χ3n) is 9.84. The molecule has 0 bridgehead atoms. The summed E-state index contributed by atoms with van der Waals surface area (Å²) < 4.78 is 90.8. The van der Waals surface area contributed by atoms with Gasteiger partial charge in [-0.2, -0.15) is 8.78 Å². The first-order chi connectivity index (χ1) is 18.6. The molecule has 0 radical (unpaired) electrons. The lowest BCUT2D eigenvalue weighted by Crippen LogP contribution is -2.38. The van der Waals surface area contributed by atoms with Gasteiger partial charge in [-0.1, -0.05) is 25.8 Å². The van der Waals surface area contributed by atoms with Crippen molar-refractivity contribution in [3.63, 3.8) is 0 Å². The van der Waals surface area contributed by atoms with Crippen molar-refractivity contribution in [1.29, 1.82) is 0 Å². The predicted octanol–water partition coefficient (Wildman–Crippen LogP) is 10.3. The van der Waals surface area contributed by atoms with Crippen LogP contribution in [0.2, 0.25) is 0 Å². The first-order valence-corrected chi connectivity index (χ1v) is 14.6. The maximum atomic E-state index is 15.1. The maximum Gasteiger partial charge on any atom is 0.400 e. The van der Waals surface area contributed by atoms with Crippen molar-refractivity contribution in [1.82, 2.24) is 0 Å². The monoisotopic (exact) mass is 552 g/mol. The minimum absolute atomic E-state index is 0.135. The first-order valence-electron chi connectivity index (χ1n) is 14.6. The number of halogens is 6. The van der Waals surface area contributed by atoms with Crippen molar-refractivity contribution in [3.8, 4) is 5.75 Å². The van der Waals surface area contributed by atoms with E-state index in [1.54, 1.807) is 0 Å². The van der Waals surface area contributed by atoms with Crippen LogP contribution in [0.15, 0.2) is 30.3 Å². The fourth-order valence-corrected chi connectivity index (χ4v) is 7.38. The summed E-state index contributed by atoms with van der Waals surface area (Å²) in [5.74, 6) is -3.85. The zero-order valence-electron chi connectivity index (χ0n) is 22.5. The molecule has 39 heavy (non-hydrogen) atoms. The Balaban J connectivity index is 1.15. The molecule has 3 aliphatic carbocycles. The van der Waals surface area contributed by atoms with Gasteiger partial charge in [-0.25, -0.2) is 17.6 Å². The minimum Gasteiger partial charge on any atom is -0.432 e. The Hall–Kier alpha value is -2.18. The Morgan fingerprint density at radius 1 is 0.641 bits per heavy atom. The minimum atomic E-state index is -3.35. The highest BCUT2D eigenvalue weighted by molar-refractivity contribution is 5.32. The van der Waals surface area contributed by atoms with Gasteiger partial charge in [0.25, 0.3) is 0 Å². The summed E-state index contributed by atoms with van der Waals surface area (Å²) in [6.45, 7) is 2.29. The molecule has 0 saturated heterocycles. The molecule has 0 unspecified atom stereocenters. The van der Waals surface area contributed by atoms with Crippen LogP contribution < -0.4 is 4.74 Å². The molecule has 0 atom stereocenters. The zero-order chi connectivity index (χ0) is 27.7. The smallest absolute Gasteiger partial charge is 0.400 e. The van der Waals surface area contributed by atoms with Crippen LogP contribution in [0.3, 0.4) is 0 Å². The van der Waals surface area contributed by atoms with E-state index in [9.17, 15) is 13.2 Å². The van der Waals surface area contributed by atoms with Crippen LogP contribution in [0.5, 0.6) is 5.75 Å². The lowest BCUT2D eigenvalue weighted by molar-refractivity contribution is -0.224. The van der Waals surface area contributed by atoms with Crippen molar-refractivity contribution in [2.75, 3.05) is 0 Å². The molecular formula is C32H38F6O. The molecule has 0 heterocycles. The fourth-order valence-electron chi connectivity index (χ4n) is 7.38. The van der Waals surface area contributed by atoms with Gasteiger partial charge >= 0.3 is 6.11 Å². The Labute approximate surface area is 227 Å². The number of benzene rings is 2. The van der Waals surface area contributed by atoms with Crippen LogP contribution in [0, 0.1) is 46.9 Å². The van der Waals surface area contributed by atoms with E-state index in [-0.39, 0.29) is 17.6 Å². The maximum absolute atomic E-state index is 15.1. The largest absolute Gasteiger partial charge is 0.432 e. The zero-order valence-corrected chi connectivity index (χ0v) is 22.5. The molecule has 1 nitrogen and oxygen atoms in total. The summed E-state index contributed by atoms with van der Waals surface area (Å²) in [6.07, 6.45) is 6.26. The summed E-state index contributed by atoms with van der Waals surface area (Å²) in [4.78, 5) is 0. The van der Waals surface area contributed by atoms with E-state index in [1.807, 2.05) is 0 Å². The number of ether oxygens (including phenoxy) is 1. The Morgan fingerprint density at radius 3 is 1.74 bits per heavy atom. The van der Waals surface area contributed by atoms with Gasteiger partial charge in [-0.05, 0) is 123 Å². The van der Waals surface area contributed by atoms with Crippen LogP contribution in [0.25, 0.3) is 0 Å². The van der Waals surface area contributed by atoms with Crippen LogP contribution in [-0.4, -0.2) is 6.11 Å². The third-order valence-corrected chi connectivity index (χ3v) is 9.84. The lowest BCUT2D eigenvalue weighted by atomic mass is 9.69. The third kappa shape index (κ3) is 6.43. The van der Waals surface area contributed by atoms with Gasteiger partial charge in [0.2, 0.25) is 0 Å². The van der Waals surface area contributed by atoms with Crippen LogP contribution in [-0.2, 0) is 0 Å². The fraction of sp³-hybridized carbons (Fsp3) is 0.625. The van der Waals surface area contributed by atoms with Gasteiger partial charge in [-0.15, -0.1) is 0 Å². The number of hydrogen-bond donors (Lipinski definition) is 0. The highest BCUT2D eigenvalue weighted by atomic mass is 19.3.